The van der Waals surface area contributed by atoms with E-state index in [2.05, 4.69) is 17.3 Å². The Morgan fingerprint density at radius 2 is 1.91 bits per heavy atom. The number of hydrogen-bond donors (Lipinski definition) is 0. The molecule has 3 unspecified atom stereocenters. The van der Waals surface area contributed by atoms with Gasteiger partial charge in [0.1, 0.15) is 12.7 Å². The molecule has 0 bridgehead atoms. The lowest BCUT2D eigenvalue weighted by atomic mass is 10.00. The van der Waals surface area contributed by atoms with Crippen LogP contribution in [0.25, 0.3) is 0 Å². The van der Waals surface area contributed by atoms with Gasteiger partial charge in [-0.25, -0.2) is 4.79 Å². The molecule has 0 aromatic heterocycles. The first-order valence-corrected chi connectivity index (χ1v) is 12.9. The highest BCUT2D eigenvalue weighted by Crippen LogP contribution is 2.46. The molecule has 34 heavy (non-hydrogen) atoms. The molecular formula is C27H31NO5S. The van der Waals surface area contributed by atoms with Gasteiger partial charge in [0.25, 0.3) is 0 Å². The highest BCUT2D eigenvalue weighted by molar-refractivity contribution is 8.00. The van der Waals surface area contributed by atoms with Crippen molar-refractivity contribution in [3.8, 4) is 0 Å². The van der Waals surface area contributed by atoms with Crippen LogP contribution in [0.2, 0.25) is 0 Å². The van der Waals surface area contributed by atoms with Crippen molar-refractivity contribution in [2.75, 3.05) is 20.3 Å². The summed E-state index contributed by atoms with van der Waals surface area (Å²) >= 11 is 1.90. The number of nitrogens with zero attached hydrogens (tertiary/aromatic N) is 1. The molecule has 1 saturated heterocycles. The van der Waals surface area contributed by atoms with Crippen molar-refractivity contribution in [2.24, 2.45) is 11.1 Å². The fourth-order valence-corrected chi connectivity index (χ4v) is 5.97. The molecule has 1 heterocycles. The summed E-state index contributed by atoms with van der Waals surface area (Å²) in [6, 6.07) is 18.1. The second-order valence-corrected chi connectivity index (χ2v) is 10.6. The first-order valence-electron chi connectivity index (χ1n) is 12.1. The molecular weight excluding hydrogens is 450 g/mol. The highest BCUT2D eigenvalue weighted by atomic mass is 32.2. The lowest BCUT2D eigenvalue weighted by molar-refractivity contribution is -0.165. The molecule has 0 N–H and O–H groups in total. The maximum atomic E-state index is 12.4. The van der Waals surface area contributed by atoms with E-state index in [1.54, 1.807) is 0 Å². The number of benzene rings is 2. The first kappa shape index (κ1) is 23.4. The van der Waals surface area contributed by atoms with Crippen molar-refractivity contribution < 1.29 is 23.8 Å². The van der Waals surface area contributed by atoms with Gasteiger partial charge < -0.3 is 19.0 Å². The fourth-order valence-electron chi connectivity index (χ4n) is 4.72. The molecule has 0 radical (unpaired) electrons. The summed E-state index contributed by atoms with van der Waals surface area (Å²) in [5, 5.41) is 4.89. The van der Waals surface area contributed by atoms with Crippen molar-refractivity contribution in [1.82, 2.24) is 0 Å². The second kappa shape index (κ2) is 10.5. The van der Waals surface area contributed by atoms with Gasteiger partial charge >= 0.3 is 5.97 Å². The Kier molecular flexibility index (Phi) is 7.23. The van der Waals surface area contributed by atoms with Crippen LogP contribution in [0, 0.1) is 5.92 Å². The Labute approximate surface area is 205 Å². The van der Waals surface area contributed by atoms with Crippen LogP contribution in [0.3, 0.4) is 0 Å². The molecule has 5 rings (SSSR count). The summed E-state index contributed by atoms with van der Waals surface area (Å²) in [5.74, 6) is -0.800. The number of ether oxygens (including phenoxy) is 3. The minimum absolute atomic E-state index is 0.0322. The van der Waals surface area contributed by atoms with E-state index in [0.717, 1.165) is 24.8 Å². The molecule has 2 aromatic rings. The Bertz CT molecular complexity index is 1010. The van der Waals surface area contributed by atoms with Crippen molar-refractivity contribution in [1.29, 1.82) is 0 Å². The number of methoxy groups -OCH3 is 1. The van der Waals surface area contributed by atoms with E-state index in [9.17, 15) is 4.79 Å². The van der Waals surface area contributed by atoms with Gasteiger partial charge in [-0.05, 0) is 37.0 Å². The number of oxime groups is 1. The van der Waals surface area contributed by atoms with Gasteiger partial charge in [0.05, 0.1) is 13.7 Å². The zero-order chi connectivity index (χ0) is 23.4. The van der Waals surface area contributed by atoms with Crippen LogP contribution in [0.1, 0.15) is 55.8 Å². The van der Waals surface area contributed by atoms with Crippen LogP contribution >= 0.6 is 11.8 Å². The zero-order valence-corrected chi connectivity index (χ0v) is 20.3. The summed E-state index contributed by atoms with van der Waals surface area (Å²) < 4.78 is 17.4. The number of rotatable bonds is 8. The quantitative estimate of drug-likeness (QED) is 0.281. The van der Waals surface area contributed by atoms with Gasteiger partial charge in [-0.2, -0.15) is 0 Å². The average Bonchev–Trinajstić information content (AvgIpc) is 3.46. The Hall–Kier alpha value is -2.35. The number of carbonyl (C=O) groups excluding carboxylic acids is 1. The molecule has 2 saturated carbocycles. The largest absolute Gasteiger partial charge is 0.464 e. The van der Waals surface area contributed by atoms with Gasteiger partial charge in [0.2, 0.25) is 0 Å². The maximum Gasteiger partial charge on any atom is 0.360 e. The minimum Gasteiger partial charge on any atom is -0.464 e. The standard InChI is InChI=1S/C27H31NO5S/c1-30-26(29)25(21-10-12-23(13-11-21)34-22-8-5-9-22)28-32-17-19-14-15-27(16-19)31-18-24(33-27)20-6-3-2-4-7-20/h2-4,6-7,10-13,19,22,24H,5,8-9,14-18H2,1H3/b28-25+. The average molecular weight is 482 g/mol. The number of thioether (sulfide) groups is 1. The molecule has 0 amide bonds. The van der Waals surface area contributed by atoms with Gasteiger partial charge in [-0.15, -0.1) is 11.8 Å². The fraction of sp³-hybridized carbons (Fsp3) is 0.481. The second-order valence-electron chi connectivity index (χ2n) is 9.27. The summed E-state index contributed by atoms with van der Waals surface area (Å²) in [6.07, 6.45) is 6.36. The van der Waals surface area contributed by atoms with Crippen molar-refractivity contribution in [3.63, 3.8) is 0 Å². The van der Waals surface area contributed by atoms with Crippen LogP contribution < -0.4 is 0 Å². The molecule has 3 fully saturated rings. The molecule has 6 nitrogen and oxygen atoms in total. The molecule has 7 heteroatoms. The van der Waals surface area contributed by atoms with Crippen LogP contribution in [-0.2, 0) is 23.8 Å². The van der Waals surface area contributed by atoms with Crippen LogP contribution in [0.15, 0.2) is 64.6 Å². The predicted octanol–water partition coefficient (Wildman–Crippen LogP) is 5.51. The number of hydrogen-bond acceptors (Lipinski definition) is 7. The number of carbonyl (C=O) groups is 1. The van der Waals surface area contributed by atoms with E-state index in [4.69, 9.17) is 19.0 Å². The van der Waals surface area contributed by atoms with Gasteiger partial charge in [0, 0.05) is 34.5 Å². The van der Waals surface area contributed by atoms with Crippen LogP contribution in [-0.4, -0.2) is 43.0 Å². The van der Waals surface area contributed by atoms with Crippen LogP contribution in [0.5, 0.6) is 0 Å². The van der Waals surface area contributed by atoms with E-state index >= 15 is 0 Å². The smallest absolute Gasteiger partial charge is 0.360 e. The number of esters is 1. The summed E-state index contributed by atoms with van der Waals surface area (Å²) in [6.45, 7) is 0.970. The summed E-state index contributed by atoms with van der Waals surface area (Å²) in [4.78, 5) is 19.2. The zero-order valence-electron chi connectivity index (χ0n) is 19.5. The molecule has 1 aliphatic heterocycles. The molecule has 2 aliphatic carbocycles. The Morgan fingerprint density at radius 1 is 1.12 bits per heavy atom. The monoisotopic (exact) mass is 481 g/mol. The molecule has 2 aromatic carbocycles. The van der Waals surface area contributed by atoms with E-state index in [1.807, 2.05) is 54.2 Å². The van der Waals surface area contributed by atoms with E-state index in [0.29, 0.717) is 24.0 Å². The summed E-state index contributed by atoms with van der Waals surface area (Å²) in [7, 11) is 1.36. The van der Waals surface area contributed by atoms with Gasteiger partial charge in [-0.3, -0.25) is 0 Å². The topological polar surface area (TPSA) is 66.4 Å². The van der Waals surface area contributed by atoms with Gasteiger partial charge in [-0.1, -0.05) is 54.0 Å². The predicted molar refractivity (Wildman–Crippen MR) is 131 cm³/mol. The minimum atomic E-state index is -0.544. The SMILES string of the molecule is COC(=O)/C(=N/OCC1CCC2(C1)OCC(c1ccccc1)O2)c1ccc(SC2CCC2)cc1. The lowest BCUT2D eigenvalue weighted by Crippen LogP contribution is -2.26. The van der Waals surface area contributed by atoms with Crippen LogP contribution in [0.4, 0.5) is 0 Å². The third-order valence-electron chi connectivity index (χ3n) is 6.89. The highest BCUT2D eigenvalue weighted by Gasteiger charge is 2.47. The maximum absolute atomic E-state index is 12.4. The Balaban J connectivity index is 1.17. The third kappa shape index (κ3) is 5.32. The normalized spacial score (nSPS) is 27.0. The van der Waals surface area contributed by atoms with Crippen molar-refractivity contribution in [3.05, 3.63) is 65.7 Å². The molecule has 3 aliphatic rings. The van der Waals surface area contributed by atoms with E-state index < -0.39 is 11.8 Å². The van der Waals surface area contributed by atoms with Gasteiger partial charge in [0.15, 0.2) is 11.5 Å². The van der Waals surface area contributed by atoms with E-state index in [1.165, 1.54) is 31.3 Å². The van der Waals surface area contributed by atoms with Crippen molar-refractivity contribution >= 4 is 23.4 Å². The first-order chi connectivity index (χ1) is 16.6. The third-order valence-corrected chi connectivity index (χ3v) is 8.24. The Morgan fingerprint density at radius 3 is 2.62 bits per heavy atom. The lowest BCUT2D eigenvalue weighted by Gasteiger charge is -2.24. The van der Waals surface area contributed by atoms with Crippen molar-refractivity contribution in [2.45, 2.75) is 60.6 Å². The summed E-state index contributed by atoms with van der Waals surface area (Å²) in [5.41, 5.74) is 2.03. The molecule has 3 atom stereocenters. The van der Waals surface area contributed by atoms with E-state index in [-0.39, 0.29) is 17.7 Å². The molecule has 1 spiro atoms. The molecule has 180 valence electrons.